The van der Waals surface area contributed by atoms with E-state index in [2.05, 4.69) is 40.7 Å². The molecule has 1 amide bonds. The highest BCUT2D eigenvalue weighted by molar-refractivity contribution is 5.96. The van der Waals surface area contributed by atoms with Crippen molar-refractivity contribution in [1.29, 1.82) is 0 Å². The van der Waals surface area contributed by atoms with E-state index in [1.165, 1.54) is 16.3 Å². The number of benzene rings is 3. The number of hydrogen-bond donors (Lipinski definition) is 1. The van der Waals surface area contributed by atoms with E-state index in [0.29, 0.717) is 6.42 Å². The fourth-order valence-corrected chi connectivity index (χ4v) is 3.82. The average Bonchev–Trinajstić information content (AvgIpc) is 3.11. The number of carbonyl (C=O) groups is 1. The summed E-state index contributed by atoms with van der Waals surface area (Å²) in [6, 6.07) is 24.5. The van der Waals surface area contributed by atoms with E-state index in [1.807, 2.05) is 53.3 Å². The Labute approximate surface area is 151 Å². The number of rotatable bonds is 2. The summed E-state index contributed by atoms with van der Waals surface area (Å²) in [5.41, 5.74) is 3.17. The summed E-state index contributed by atoms with van der Waals surface area (Å²) in [6.07, 6.45) is 2.32. The Morgan fingerprint density at radius 1 is 0.885 bits per heavy atom. The van der Waals surface area contributed by atoms with E-state index in [4.69, 9.17) is 0 Å². The Hall–Kier alpha value is -3.40. The largest absolute Gasteiger partial charge is 0.310 e. The molecule has 5 rings (SSSR count). The standard InChI is InChI=1S/C22H17N3O/c26-21-13-19(18-12-6-8-15-7-4-5-11-17(15)18)20-14-23-25(22(20)24-21)16-9-2-1-3-10-16/h1-12,14,19H,13H2,(H,24,26)/t19-/m1/s1. The van der Waals surface area contributed by atoms with Crippen molar-refractivity contribution in [3.63, 3.8) is 0 Å². The third-order valence-electron chi connectivity index (χ3n) is 5.02. The lowest BCUT2D eigenvalue weighted by atomic mass is 9.84. The molecule has 0 radical (unpaired) electrons. The molecule has 1 N–H and O–H groups in total. The molecule has 1 aliphatic rings. The van der Waals surface area contributed by atoms with Gasteiger partial charge in [0.25, 0.3) is 0 Å². The van der Waals surface area contributed by atoms with Gasteiger partial charge in [-0.05, 0) is 28.5 Å². The second-order valence-corrected chi connectivity index (χ2v) is 6.57. The SMILES string of the molecule is O=C1C[C@H](c2cccc3ccccc23)c2cnn(-c3ccccc3)c2N1. The van der Waals surface area contributed by atoms with Gasteiger partial charge in [0.2, 0.25) is 5.91 Å². The Morgan fingerprint density at radius 3 is 2.54 bits per heavy atom. The van der Waals surface area contributed by atoms with Gasteiger partial charge in [-0.1, -0.05) is 60.7 Å². The van der Waals surface area contributed by atoms with Crippen molar-refractivity contribution in [2.24, 2.45) is 0 Å². The molecule has 0 fully saturated rings. The molecule has 4 nitrogen and oxygen atoms in total. The van der Waals surface area contributed by atoms with Gasteiger partial charge in [0.1, 0.15) is 5.82 Å². The zero-order valence-corrected chi connectivity index (χ0v) is 14.1. The number of nitrogens with one attached hydrogen (secondary N) is 1. The molecule has 2 heterocycles. The predicted octanol–water partition coefficient (Wildman–Crippen LogP) is 4.50. The smallest absolute Gasteiger partial charge is 0.226 e. The van der Waals surface area contributed by atoms with Gasteiger partial charge in [-0.3, -0.25) is 4.79 Å². The molecule has 0 saturated carbocycles. The molecule has 3 aromatic carbocycles. The van der Waals surface area contributed by atoms with Gasteiger partial charge < -0.3 is 5.32 Å². The molecule has 1 atom stereocenters. The Balaban J connectivity index is 1.69. The number of para-hydroxylation sites is 1. The first-order valence-electron chi connectivity index (χ1n) is 8.72. The molecule has 0 saturated heterocycles. The van der Waals surface area contributed by atoms with Gasteiger partial charge >= 0.3 is 0 Å². The molecule has 1 aliphatic heterocycles. The summed E-state index contributed by atoms with van der Waals surface area (Å²) in [5.74, 6) is 0.792. The van der Waals surface area contributed by atoms with Crippen LogP contribution in [0.15, 0.2) is 79.0 Å². The zero-order chi connectivity index (χ0) is 17.5. The molecule has 0 unspecified atom stereocenters. The maximum Gasteiger partial charge on any atom is 0.226 e. The van der Waals surface area contributed by atoms with Gasteiger partial charge in [0.15, 0.2) is 0 Å². The lowest BCUT2D eigenvalue weighted by Crippen LogP contribution is -2.24. The lowest BCUT2D eigenvalue weighted by Gasteiger charge is -2.25. The molecule has 4 heteroatoms. The van der Waals surface area contributed by atoms with Gasteiger partial charge in [-0.15, -0.1) is 0 Å². The second-order valence-electron chi connectivity index (χ2n) is 6.57. The summed E-state index contributed by atoms with van der Waals surface area (Å²) in [4.78, 5) is 12.5. The highest BCUT2D eigenvalue weighted by Crippen LogP contribution is 2.40. The van der Waals surface area contributed by atoms with E-state index in [9.17, 15) is 4.79 Å². The Kier molecular flexibility index (Phi) is 3.35. The molecule has 126 valence electrons. The molecule has 0 spiro atoms. The summed E-state index contributed by atoms with van der Waals surface area (Å²) < 4.78 is 1.81. The number of nitrogens with zero attached hydrogens (tertiary/aromatic N) is 2. The summed E-state index contributed by atoms with van der Waals surface area (Å²) in [6.45, 7) is 0. The molecule has 26 heavy (non-hydrogen) atoms. The number of hydrogen-bond acceptors (Lipinski definition) is 2. The van der Waals surface area contributed by atoms with Crippen LogP contribution < -0.4 is 5.32 Å². The van der Waals surface area contributed by atoms with Crippen LogP contribution in [0.25, 0.3) is 16.5 Å². The van der Waals surface area contributed by atoms with Crippen molar-refractivity contribution >= 4 is 22.5 Å². The van der Waals surface area contributed by atoms with E-state index < -0.39 is 0 Å². The highest BCUT2D eigenvalue weighted by Gasteiger charge is 2.31. The third-order valence-corrected chi connectivity index (χ3v) is 5.02. The van der Waals surface area contributed by atoms with Crippen LogP contribution in [0.2, 0.25) is 0 Å². The topological polar surface area (TPSA) is 46.9 Å². The van der Waals surface area contributed by atoms with Crippen LogP contribution in [0, 0.1) is 0 Å². The van der Waals surface area contributed by atoms with Crippen molar-refractivity contribution in [3.05, 3.63) is 90.1 Å². The Bertz CT molecular complexity index is 1110. The van der Waals surface area contributed by atoms with Gasteiger partial charge in [0, 0.05) is 17.9 Å². The first kappa shape index (κ1) is 14.9. The summed E-state index contributed by atoms with van der Waals surface area (Å²) in [7, 11) is 0. The van der Waals surface area contributed by atoms with Gasteiger partial charge in [-0.25, -0.2) is 4.68 Å². The van der Waals surface area contributed by atoms with Gasteiger partial charge in [-0.2, -0.15) is 5.10 Å². The zero-order valence-electron chi connectivity index (χ0n) is 14.1. The van der Waals surface area contributed by atoms with Crippen LogP contribution in [-0.2, 0) is 4.79 Å². The van der Waals surface area contributed by atoms with Gasteiger partial charge in [0.05, 0.1) is 11.9 Å². The van der Waals surface area contributed by atoms with Crippen molar-refractivity contribution in [2.75, 3.05) is 5.32 Å². The van der Waals surface area contributed by atoms with E-state index in [0.717, 1.165) is 17.1 Å². The number of anilines is 1. The van der Waals surface area contributed by atoms with Crippen LogP contribution in [0.3, 0.4) is 0 Å². The van der Waals surface area contributed by atoms with E-state index in [-0.39, 0.29) is 11.8 Å². The minimum atomic E-state index is 0.00214. The quantitative estimate of drug-likeness (QED) is 0.584. The number of carbonyl (C=O) groups excluding carboxylic acids is 1. The first-order chi connectivity index (χ1) is 12.8. The molecule has 0 aliphatic carbocycles. The summed E-state index contributed by atoms with van der Waals surface area (Å²) in [5, 5.41) is 9.95. The minimum absolute atomic E-state index is 0.00214. The number of fused-ring (bicyclic) bond motifs is 2. The van der Waals surface area contributed by atoms with E-state index >= 15 is 0 Å². The van der Waals surface area contributed by atoms with Crippen LogP contribution in [0.1, 0.15) is 23.5 Å². The predicted molar refractivity (Wildman–Crippen MR) is 103 cm³/mol. The first-order valence-corrected chi connectivity index (χ1v) is 8.72. The fraction of sp³-hybridized carbons (Fsp3) is 0.0909. The van der Waals surface area contributed by atoms with Crippen LogP contribution in [0.5, 0.6) is 0 Å². The van der Waals surface area contributed by atoms with E-state index in [1.54, 1.807) is 0 Å². The van der Waals surface area contributed by atoms with Crippen LogP contribution >= 0.6 is 0 Å². The van der Waals surface area contributed by atoms with Crippen molar-refractivity contribution < 1.29 is 4.79 Å². The maximum atomic E-state index is 12.5. The lowest BCUT2D eigenvalue weighted by molar-refractivity contribution is -0.116. The van der Waals surface area contributed by atoms with Crippen molar-refractivity contribution in [1.82, 2.24) is 9.78 Å². The number of aromatic nitrogens is 2. The maximum absolute atomic E-state index is 12.5. The molecule has 0 bridgehead atoms. The van der Waals surface area contributed by atoms with Crippen LogP contribution in [-0.4, -0.2) is 15.7 Å². The fourth-order valence-electron chi connectivity index (χ4n) is 3.82. The monoisotopic (exact) mass is 339 g/mol. The number of amides is 1. The third kappa shape index (κ3) is 2.30. The molecular formula is C22H17N3O. The van der Waals surface area contributed by atoms with Crippen molar-refractivity contribution in [3.8, 4) is 5.69 Å². The molecule has 4 aromatic rings. The van der Waals surface area contributed by atoms with Crippen molar-refractivity contribution in [2.45, 2.75) is 12.3 Å². The highest BCUT2D eigenvalue weighted by atomic mass is 16.1. The summed E-state index contributed by atoms with van der Waals surface area (Å²) >= 11 is 0. The van der Waals surface area contributed by atoms with Crippen LogP contribution in [0.4, 0.5) is 5.82 Å². The minimum Gasteiger partial charge on any atom is -0.310 e. The second kappa shape index (κ2) is 5.85. The Morgan fingerprint density at radius 2 is 1.65 bits per heavy atom. The normalized spacial score (nSPS) is 16.3. The average molecular weight is 339 g/mol. The molecule has 1 aromatic heterocycles. The molecular weight excluding hydrogens is 322 g/mol.